The minimum atomic E-state index is -0.976. The lowest BCUT2D eigenvalue weighted by atomic mass is 10.1. The predicted octanol–water partition coefficient (Wildman–Crippen LogP) is -0.0873. The first-order valence-electron chi connectivity index (χ1n) is 5.79. The molecule has 0 aliphatic carbocycles. The molecule has 7 N–H and O–H groups in total. The number of carboxylic acid groups (broad SMARTS) is 1. The molecule has 0 aromatic heterocycles. The predicted molar refractivity (Wildman–Crippen MR) is 67.6 cm³/mol. The number of carboxylic acids is 1. The van der Waals surface area contributed by atoms with Crippen LogP contribution in [0.15, 0.2) is 18.2 Å². The van der Waals surface area contributed by atoms with Gasteiger partial charge in [0.1, 0.15) is 6.23 Å². The third-order valence-electron chi connectivity index (χ3n) is 2.51. The second kappa shape index (κ2) is 6.93. The van der Waals surface area contributed by atoms with Crippen LogP contribution in [0, 0.1) is 0 Å². The molecule has 0 radical (unpaired) electrons. The van der Waals surface area contributed by atoms with E-state index >= 15 is 0 Å². The maximum Gasteiger partial charge on any atom is 0.303 e. The highest BCUT2D eigenvalue weighted by molar-refractivity contribution is 5.66. The van der Waals surface area contributed by atoms with E-state index in [-0.39, 0.29) is 30.9 Å². The quantitative estimate of drug-likeness (QED) is 0.436. The largest absolute Gasteiger partial charge is 0.504 e. The fourth-order valence-electron chi connectivity index (χ4n) is 1.46. The van der Waals surface area contributed by atoms with Crippen molar-refractivity contribution in [2.75, 3.05) is 6.54 Å². The van der Waals surface area contributed by atoms with E-state index in [0.717, 1.165) is 0 Å². The van der Waals surface area contributed by atoms with Crippen LogP contribution in [0.1, 0.15) is 24.5 Å². The number of benzene rings is 1. The van der Waals surface area contributed by atoms with Crippen LogP contribution in [-0.4, -0.2) is 34.1 Å². The monoisotopic (exact) mass is 270 g/mol. The van der Waals surface area contributed by atoms with E-state index in [1.807, 2.05) is 0 Å². The number of hydrogen-bond donors (Lipinski definition) is 5. The topological polar surface area (TPSA) is 139 Å². The summed E-state index contributed by atoms with van der Waals surface area (Å²) in [6.45, 7) is 0.0370. The first kappa shape index (κ1) is 15.2. The van der Waals surface area contributed by atoms with Gasteiger partial charge in [-0.05, 0) is 17.7 Å². The Labute approximate surface area is 110 Å². The molecule has 1 aromatic carbocycles. The number of phenols is 1. The summed E-state index contributed by atoms with van der Waals surface area (Å²) in [5.41, 5.74) is 11.4. The van der Waals surface area contributed by atoms with Crippen LogP contribution in [0.5, 0.6) is 11.5 Å². The molecule has 1 aromatic rings. The Morgan fingerprint density at radius 1 is 1.42 bits per heavy atom. The standard InChI is InChI=1S/C12H18N2O5/c13-6-9(16)7-1-2-8(15)10(5-7)19-11(14)3-4-12(17)18/h1-2,5,9,11,15-16H,3-4,6,13-14H2,(H,17,18). The number of aliphatic hydroxyl groups is 1. The third kappa shape index (κ3) is 4.74. The minimum absolute atomic E-state index is 0.0370. The summed E-state index contributed by atoms with van der Waals surface area (Å²) in [7, 11) is 0. The number of rotatable bonds is 7. The first-order valence-corrected chi connectivity index (χ1v) is 5.79. The SMILES string of the molecule is NCC(O)c1ccc(O)c(OC(N)CCC(=O)O)c1. The third-order valence-corrected chi connectivity index (χ3v) is 2.51. The first-order chi connectivity index (χ1) is 8.93. The number of carbonyl (C=O) groups is 1. The Balaban J connectivity index is 2.73. The molecule has 0 aliphatic heterocycles. The van der Waals surface area contributed by atoms with Crippen LogP contribution in [0.25, 0.3) is 0 Å². The lowest BCUT2D eigenvalue weighted by Crippen LogP contribution is -2.28. The van der Waals surface area contributed by atoms with Crippen LogP contribution in [0.4, 0.5) is 0 Å². The Morgan fingerprint density at radius 2 is 2.11 bits per heavy atom. The molecule has 0 heterocycles. The number of aromatic hydroxyl groups is 1. The molecule has 0 fully saturated rings. The van der Waals surface area contributed by atoms with Gasteiger partial charge in [0.2, 0.25) is 0 Å². The van der Waals surface area contributed by atoms with Crippen molar-refractivity contribution in [1.82, 2.24) is 0 Å². The van der Waals surface area contributed by atoms with Crippen molar-refractivity contribution in [1.29, 1.82) is 0 Å². The Kier molecular flexibility index (Phi) is 5.56. The summed E-state index contributed by atoms with van der Waals surface area (Å²) in [6, 6.07) is 4.30. The van der Waals surface area contributed by atoms with E-state index < -0.39 is 18.3 Å². The van der Waals surface area contributed by atoms with Gasteiger partial charge in [-0.3, -0.25) is 10.5 Å². The zero-order valence-corrected chi connectivity index (χ0v) is 10.3. The van der Waals surface area contributed by atoms with E-state index in [1.165, 1.54) is 18.2 Å². The highest BCUT2D eigenvalue weighted by Crippen LogP contribution is 2.29. The van der Waals surface area contributed by atoms with Gasteiger partial charge in [-0.2, -0.15) is 0 Å². The molecule has 0 saturated heterocycles. The average molecular weight is 270 g/mol. The van der Waals surface area contributed by atoms with Gasteiger partial charge in [0.05, 0.1) is 12.5 Å². The van der Waals surface area contributed by atoms with Crippen LogP contribution in [0.3, 0.4) is 0 Å². The number of nitrogens with two attached hydrogens (primary N) is 2. The van der Waals surface area contributed by atoms with Crippen LogP contribution >= 0.6 is 0 Å². The Hall–Kier alpha value is -1.83. The molecule has 1 rings (SSSR count). The van der Waals surface area contributed by atoms with Crippen molar-refractivity contribution >= 4 is 5.97 Å². The number of aliphatic carboxylic acids is 1. The van der Waals surface area contributed by atoms with E-state index in [1.54, 1.807) is 0 Å². The molecule has 0 saturated carbocycles. The zero-order chi connectivity index (χ0) is 14.4. The van der Waals surface area contributed by atoms with E-state index in [0.29, 0.717) is 5.56 Å². The Morgan fingerprint density at radius 3 is 2.68 bits per heavy atom. The Bertz CT molecular complexity index is 438. The van der Waals surface area contributed by atoms with Gasteiger partial charge < -0.3 is 25.8 Å². The fraction of sp³-hybridized carbons (Fsp3) is 0.417. The van der Waals surface area contributed by atoms with Crippen molar-refractivity contribution in [3.8, 4) is 11.5 Å². The average Bonchev–Trinajstić information content (AvgIpc) is 2.38. The molecule has 2 unspecified atom stereocenters. The molecule has 2 atom stereocenters. The van der Waals surface area contributed by atoms with Crippen molar-refractivity contribution in [2.24, 2.45) is 11.5 Å². The molecule has 0 aliphatic rings. The van der Waals surface area contributed by atoms with Gasteiger partial charge in [0, 0.05) is 13.0 Å². The van der Waals surface area contributed by atoms with Crippen molar-refractivity contribution in [2.45, 2.75) is 25.2 Å². The summed E-state index contributed by atoms with van der Waals surface area (Å²) < 4.78 is 5.24. The summed E-state index contributed by atoms with van der Waals surface area (Å²) in [4.78, 5) is 10.4. The highest BCUT2D eigenvalue weighted by atomic mass is 16.5. The molecule has 7 nitrogen and oxygen atoms in total. The van der Waals surface area contributed by atoms with Gasteiger partial charge >= 0.3 is 5.97 Å². The van der Waals surface area contributed by atoms with Crippen LogP contribution < -0.4 is 16.2 Å². The van der Waals surface area contributed by atoms with Crippen molar-refractivity contribution in [3.63, 3.8) is 0 Å². The maximum absolute atomic E-state index is 10.4. The molecule has 7 heteroatoms. The molecule has 106 valence electrons. The summed E-state index contributed by atoms with van der Waals surface area (Å²) >= 11 is 0. The molecule has 0 amide bonds. The zero-order valence-electron chi connectivity index (χ0n) is 10.3. The second-order valence-corrected chi connectivity index (χ2v) is 4.07. The maximum atomic E-state index is 10.4. The number of ether oxygens (including phenoxy) is 1. The van der Waals surface area contributed by atoms with E-state index in [4.69, 9.17) is 21.3 Å². The van der Waals surface area contributed by atoms with E-state index in [9.17, 15) is 15.0 Å². The number of hydrogen-bond acceptors (Lipinski definition) is 6. The molecule has 19 heavy (non-hydrogen) atoms. The normalized spacial score (nSPS) is 13.8. The van der Waals surface area contributed by atoms with Gasteiger partial charge in [-0.15, -0.1) is 0 Å². The summed E-state index contributed by atoms with van der Waals surface area (Å²) in [5.74, 6) is -1.03. The van der Waals surface area contributed by atoms with Gasteiger partial charge in [0.25, 0.3) is 0 Å². The lowest BCUT2D eigenvalue weighted by molar-refractivity contribution is -0.137. The summed E-state index contributed by atoms with van der Waals surface area (Å²) in [5, 5.41) is 27.7. The molecule has 0 spiro atoms. The van der Waals surface area contributed by atoms with E-state index in [2.05, 4.69) is 0 Å². The van der Waals surface area contributed by atoms with Crippen molar-refractivity contribution in [3.05, 3.63) is 23.8 Å². The lowest BCUT2D eigenvalue weighted by Gasteiger charge is -2.16. The second-order valence-electron chi connectivity index (χ2n) is 4.07. The van der Waals surface area contributed by atoms with Gasteiger partial charge in [0.15, 0.2) is 11.5 Å². The fourth-order valence-corrected chi connectivity index (χ4v) is 1.46. The van der Waals surface area contributed by atoms with Crippen molar-refractivity contribution < 1.29 is 24.9 Å². The molecule has 0 bridgehead atoms. The van der Waals surface area contributed by atoms with Crippen LogP contribution in [-0.2, 0) is 4.79 Å². The highest BCUT2D eigenvalue weighted by Gasteiger charge is 2.13. The van der Waals surface area contributed by atoms with Gasteiger partial charge in [-0.25, -0.2) is 0 Å². The molecular formula is C12H18N2O5. The smallest absolute Gasteiger partial charge is 0.303 e. The summed E-state index contributed by atoms with van der Waals surface area (Å²) in [6.07, 6.45) is -1.74. The molecular weight excluding hydrogens is 252 g/mol. The minimum Gasteiger partial charge on any atom is -0.504 e. The van der Waals surface area contributed by atoms with Gasteiger partial charge in [-0.1, -0.05) is 6.07 Å². The number of aliphatic hydroxyl groups excluding tert-OH is 1. The van der Waals surface area contributed by atoms with Crippen LogP contribution in [0.2, 0.25) is 0 Å². The number of phenolic OH excluding ortho intramolecular Hbond substituents is 1.